The van der Waals surface area contributed by atoms with Crippen molar-refractivity contribution in [1.82, 2.24) is 20.2 Å². The second kappa shape index (κ2) is 9.71. The van der Waals surface area contributed by atoms with Gasteiger partial charge in [0.05, 0.1) is 5.01 Å². The second-order valence-electron chi connectivity index (χ2n) is 8.27. The smallest absolute Gasteiger partial charge is 0.290 e. The van der Waals surface area contributed by atoms with Crippen molar-refractivity contribution in [2.75, 3.05) is 6.54 Å². The van der Waals surface area contributed by atoms with Crippen molar-refractivity contribution in [3.8, 4) is 11.7 Å². The molecule has 0 aliphatic carbocycles. The van der Waals surface area contributed by atoms with Gasteiger partial charge in [0.2, 0.25) is 0 Å². The van der Waals surface area contributed by atoms with Crippen molar-refractivity contribution in [2.24, 2.45) is 0 Å². The van der Waals surface area contributed by atoms with E-state index in [4.69, 9.17) is 9.15 Å². The lowest BCUT2D eigenvalue weighted by molar-refractivity contribution is 0.0696. The third-order valence-electron chi connectivity index (χ3n) is 5.91. The highest BCUT2D eigenvalue weighted by molar-refractivity contribution is 7.09. The van der Waals surface area contributed by atoms with Crippen LogP contribution in [0.15, 0.2) is 58.5 Å². The number of furan rings is 1. The lowest BCUT2D eigenvalue weighted by atomic mass is 9.94. The number of thiazole rings is 1. The number of ether oxygens (including phenoxy) is 1. The first-order chi connectivity index (χ1) is 17.0. The fourth-order valence-electron chi connectivity index (χ4n) is 4.11. The third-order valence-corrected chi connectivity index (χ3v) is 6.69. The quantitative estimate of drug-likeness (QED) is 0.424. The lowest BCUT2D eigenvalue weighted by Gasteiger charge is -2.30. The number of para-hydroxylation sites is 1. The number of amides is 2. The fourth-order valence-corrected chi connectivity index (χ4v) is 4.70. The third kappa shape index (κ3) is 4.95. The molecule has 1 aromatic carbocycles. The maximum Gasteiger partial charge on any atom is 0.290 e. The van der Waals surface area contributed by atoms with E-state index in [1.54, 1.807) is 22.4 Å². The number of carbonyl (C=O) groups is 2. The maximum absolute atomic E-state index is 13.1. The van der Waals surface area contributed by atoms with Gasteiger partial charge in [-0.05, 0) is 55.2 Å². The van der Waals surface area contributed by atoms with Crippen LogP contribution in [-0.4, -0.2) is 33.2 Å². The summed E-state index contributed by atoms with van der Waals surface area (Å²) in [6.07, 6.45) is 2.48. The van der Waals surface area contributed by atoms with E-state index in [9.17, 15) is 9.59 Å². The van der Waals surface area contributed by atoms with E-state index in [2.05, 4.69) is 15.3 Å². The van der Waals surface area contributed by atoms with Gasteiger partial charge in [-0.15, -0.1) is 11.3 Å². The highest BCUT2D eigenvalue weighted by atomic mass is 32.1. The average molecular weight is 489 g/mol. The van der Waals surface area contributed by atoms with Crippen LogP contribution in [-0.2, 0) is 19.5 Å². The average Bonchev–Trinajstić information content (AvgIpc) is 3.52. The van der Waals surface area contributed by atoms with Crippen LogP contribution in [0.25, 0.3) is 0 Å². The van der Waals surface area contributed by atoms with Gasteiger partial charge in [0.25, 0.3) is 17.8 Å². The number of hydrogen-bond acceptors (Lipinski definition) is 7. The molecule has 0 fully saturated rings. The summed E-state index contributed by atoms with van der Waals surface area (Å²) in [5.41, 5.74) is 4.38. The zero-order valence-corrected chi connectivity index (χ0v) is 20.2. The van der Waals surface area contributed by atoms with Crippen LogP contribution in [0.5, 0.6) is 11.7 Å². The van der Waals surface area contributed by atoms with E-state index in [0.29, 0.717) is 37.5 Å². The van der Waals surface area contributed by atoms with Crippen molar-refractivity contribution in [1.29, 1.82) is 0 Å². The summed E-state index contributed by atoms with van der Waals surface area (Å²) < 4.78 is 11.3. The molecule has 0 spiro atoms. The normalized spacial score (nSPS) is 12.8. The Kier molecular flexibility index (Phi) is 6.33. The van der Waals surface area contributed by atoms with Crippen LogP contribution in [0, 0.1) is 13.8 Å². The Hall–Kier alpha value is -3.98. The number of nitrogens with one attached hydrogen (secondary N) is 1. The second-order valence-corrected chi connectivity index (χ2v) is 9.33. The molecule has 4 aromatic rings. The SMILES string of the molecule is Cc1nc(C(=O)NCc2c(C)ncc3c2CCN(C(=O)c2ccc(Oc4ccccc4)o2)C3)cs1. The van der Waals surface area contributed by atoms with Gasteiger partial charge in [0.1, 0.15) is 11.4 Å². The highest BCUT2D eigenvalue weighted by Crippen LogP contribution is 2.28. The van der Waals surface area contributed by atoms with E-state index in [1.165, 1.54) is 11.3 Å². The summed E-state index contributed by atoms with van der Waals surface area (Å²) in [5, 5.41) is 5.56. The molecular formula is C26H24N4O4S. The molecule has 5 rings (SSSR count). The van der Waals surface area contributed by atoms with E-state index >= 15 is 0 Å². The largest absolute Gasteiger partial charge is 0.426 e. The van der Waals surface area contributed by atoms with Crippen LogP contribution < -0.4 is 10.1 Å². The predicted molar refractivity (Wildman–Crippen MR) is 131 cm³/mol. The Morgan fingerprint density at radius 3 is 2.77 bits per heavy atom. The van der Waals surface area contributed by atoms with Crippen LogP contribution in [0.2, 0.25) is 0 Å². The number of hydrogen-bond donors (Lipinski definition) is 1. The Bertz CT molecular complexity index is 1380. The number of fused-ring (bicyclic) bond motifs is 1. The van der Waals surface area contributed by atoms with E-state index in [0.717, 1.165) is 27.4 Å². The molecule has 3 aromatic heterocycles. The van der Waals surface area contributed by atoms with Gasteiger partial charge < -0.3 is 19.4 Å². The van der Waals surface area contributed by atoms with Crippen LogP contribution in [0.1, 0.15) is 48.4 Å². The zero-order valence-electron chi connectivity index (χ0n) is 19.4. The Balaban J connectivity index is 1.27. The van der Waals surface area contributed by atoms with Gasteiger partial charge in [-0.2, -0.15) is 0 Å². The number of rotatable bonds is 6. The molecule has 178 valence electrons. The molecule has 0 unspecified atom stereocenters. The highest BCUT2D eigenvalue weighted by Gasteiger charge is 2.27. The molecule has 8 nitrogen and oxygen atoms in total. The molecule has 1 N–H and O–H groups in total. The van der Waals surface area contributed by atoms with Crippen LogP contribution in [0.3, 0.4) is 0 Å². The zero-order chi connectivity index (χ0) is 24.4. The molecule has 35 heavy (non-hydrogen) atoms. The van der Waals surface area contributed by atoms with Crippen molar-refractivity contribution in [3.63, 3.8) is 0 Å². The van der Waals surface area contributed by atoms with E-state index < -0.39 is 0 Å². The van der Waals surface area contributed by atoms with Crippen molar-refractivity contribution < 1.29 is 18.7 Å². The summed E-state index contributed by atoms with van der Waals surface area (Å²) in [6.45, 7) is 5.13. The number of aryl methyl sites for hydroxylation is 2. The first kappa shape index (κ1) is 22.8. The Morgan fingerprint density at radius 1 is 1.17 bits per heavy atom. The lowest BCUT2D eigenvalue weighted by Crippen LogP contribution is -2.37. The number of pyridine rings is 1. The summed E-state index contributed by atoms with van der Waals surface area (Å²) in [5.74, 6) is 0.727. The van der Waals surface area contributed by atoms with Crippen molar-refractivity contribution >= 4 is 23.2 Å². The molecule has 1 aliphatic rings. The molecule has 4 heterocycles. The molecule has 0 saturated carbocycles. The first-order valence-corrected chi connectivity index (χ1v) is 12.1. The van der Waals surface area contributed by atoms with Crippen molar-refractivity contribution in [2.45, 2.75) is 33.4 Å². The van der Waals surface area contributed by atoms with Gasteiger partial charge in [0.15, 0.2) is 5.76 Å². The minimum atomic E-state index is -0.203. The van der Waals surface area contributed by atoms with Gasteiger partial charge in [0, 0.05) is 43.0 Å². The van der Waals surface area contributed by atoms with Gasteiger partial charge in [-0.3, -0.25) is 14.6 Å². The maximum atomic E-state index is 13.1. The minimum absolute atomic E-state index is 0.201. The first-order valence-electron chi connectivity index (χ1n) is 11.3. The van der Waals surface area contributed by atoms with E-state index in [1.807, 2.05) is 50.4 Å². The topological polar surface area (TPSA) is 97.6 Å². The summed E-state index contributed by atoms with van der Waals surface area (Å²) in [7, 11) is 0. The Labute approximate surface area is 206 Å². The number of benzene rings is 1. The van der Waals surface area contributed by atoms with Gasteiger partial charge >= 0.3 is 0 Å². The molecule has 9 heteroatoms. The summed E-state index contributed by atoms with van der Waals surface area (Å²) in [4.78, 5) is 36.1. The van der Waals surface area contributed by atoms with Crippen LogP contribution in [0.4, 0.5) is 0 Å². The molecule has 2 amide bonds. The number of nitrogens with zero attached hydrogens (tertiary/aromatic N) is 3. The van der Waals surface area contributed by atoms with E-state index in [-0.39, 0.29) is 23.5 Å². The standard InChI is InChI=1S/C26H24N4O4S/c1-16-21(13-28-25(31)22-15-35-17(2)29-22)20-10-11-30(14-18(20)12-27-16)26(32)23-8-9-24(34-23)33-19-6-4-3-5-7-19/h3-9,12,15H,10-11,13-14H2,1-2H3,(H,28,31). The molecule has 0 atom stereocenters. The number of aromatic nitrogens is 2. The monoisotopic (exact) mass is 488 g/mol. The van der Waals surface area contributed by atoms with Gasteiger partial charge in [-0.25, -0.2) is 4.98 Å². The Morgan fingerprint density at radius 2 is 2.00 bits per heavy atom. The fraction of sp³-hybridized carbons (Fsp3) is 0.231. The van der Waals surface area contributed by atoms with Crippen LogP contribution >= 0.6 is 11.3 Å². The predicted octanol–water partition coefficient (Wildman–Crippen LogP) is 4.67. The number of carbonyl (C=O) groups excluding carboxylic acids is 2. The molecule has 1 aliphatic heterocycles. The minimum Gasteiger partial charge on any atom is -0.426 e. The summed E-state index contributed by atoms with van der Waals surface area (Å²) in [6, 6.07) is 12.5. The van der Waals surface area contributed by atoms with Crippen molar-refractivity contribution in [3.05, 3.63) is 92.9 Å². The molecule has 0 saturated heterocycles. The summed E-state index contributed by atoms with van der Waals surface area (Å²) >= 11 is 1.45. The van der Waals surface area contributed by atoms with Gasteiger partial charge in [-0.1, -0.05) is 18.2 Å². The molecule has 0 bridgehead atoms. The molecular weight excluding hydrogens is 464 g/mol. The molecule has 0 radical (unpaired) electrons.